The molecule has 8 heteroatoms. The number of carbonyl (C=O) groups is 2. The molecule has 0 N–H and O–H groups in total. The Morgan fingerprint density at radius 3 is 2.78 bits per heavy atom. The normalized spacial score (nSPS) is 15.3. The Bertz CT molecular complexity index is 1050. The zero-order valence-electron chi connectivity index (χ0n) is 17.8. The Labute approximate surface area is 190 Å². The van der Waals surface area contributed by atoms with Gasteiger partial charge in [0.1, 0.15) is 24.7 Å². The second kappa shape index (κ2) is 9.99. The lowest BCUT2D eigenvalue weighted by Crippen LogP contribution is -2.48. The molecule has 1 aliphatic heterocycles. The Hall–Kier alpha value is -3.13. The van der Waals surface area contributed by atoms with Gasteiger partial charge in [0.25, 0.3) is 5.91 Å². The van der Waals surface area contributed by atoms with E-state index in [0.29, 0.717) is 18.8 Å². The van der Waals surface area contributed by atoms with E-state index in [0.717, 1.165) is 18.4 Å². The first-order chi connectivity index (χ1) is 15.6. The molecule has 32 heavy (non-hydrogen) atoms. The number of ether oxygens (including phenoxy) is 1. The Kier molecular flexibility index (Phi) is 6.90. The molecule has 3 aromatic rings. The van der Waals surface area contributed by atoms with Crippen molar-refractivity contribution in [1.29, 1.82) is 0 Å². The summed E-state index contributed by atoms with van der Waals surface area (Å²) in [5.41, 5.74) is 1.07. The van der Waals surface area contributed by atoms with Gasteiger partial charge in [-0.1, -0.05) is 6.92 Å². The standard InChI is InChI=1S/C24H25FN2O4S/c1-2-11-26(24(29)21-4-3-13-30-21)15-23(28)27-12-9-22-19(10-14-32-22)20(27)16-31-18-7-5-17(25)6-8-18/h3-8,10,13-14,20H,2,9,11-12,15-16H2,1H3/t20-/m1/s1. The van der Waals surface area contributed by atoms with Crippen molar-refractivity contribution in [2.45, 2.75) is 25.8 Å². The van der Waals surface area contributed by atoms with E-state index < -0.39 is 0 Å². The highest BCUT2D eigenvalue weighted by molar-refractivity contribution is 7.10. The van der Waals surface area contributed by atoms with Gasteiger partial charge in [0.05, 0.1) is 12.3 Å². The molecule has 2 aromatic heterocycles. The molecule has 1 aliphatic rings. The van der Waals surface area contributed by atoms with Crippen LogP contribution in [0.4, 0.5) is 4.39 Å². The largest absolute Gasteiger partial charge is 0.491 e. The van der Waals surface area contributed by atoms with Crippen LogP contribution < -0.4 is 4.74 Å². The summed E-state index contributed by atoms with van der Waals surface area (Å²) in [6.45, 7) is 3.20. The number of nitrogens with zero attached hydrogens (tertiary/aromatic N) is 2. The van der Waals surface area contributed by atoms with Gasteiger partial charge >= 0.3 is 0 Å². The molecule has 0 saturated heterocycles. The summed E-state index contributed by atoms with van der Waals surface area (Å²) >= 11 is 1.67. The quantitative estimate of drug-likeness (QED) is 0.499. The highest BCUT2D eigenvalue weighted by Crippen LogP contribution is 2.34. The molecule has 3 heterocycles. The van der Waals surface area contributed by atoms with Crippen LogP contribution in [0.15, 0.2) is 58.5 Å². The van der Waals surface area contributed by atoms with E-state index in [1.807, 2.05) is 18.4 Å². The maximum Gasteiger partial charge on any atom is 0.290 e. The van der Waals surface area contributed by atoms with E-state index >= 15 is 0 Å². The minimum Gasteiger partial charge on any atom is -0.491 e. The molecule has 168 valence electrons. The van der Waals surface area contributed by atoms with Crippen molar-refractivity contribution in [3.63, 3.8) is 0 Å². The number of furan rings is 1. The van der Waals surface area contributed by atoms with Crippen LogP contribution in [0.2, 0.25) is 0 Å². The lowest BCUT2D eigenvalue weighted by molar-refractivity contribution is -0.135. The van der Waals surface area contributed by atoms with Gasteiger partial charge in [-0.2, -0.15) is 0 Å². The highest BCUT2D eigenvalue weighted by Gasteiger charge is 2.33. The average molecular weight is 457 g/mol. The molecule has 0 bridgehead atoms. The average Bonchev–Trinajstić information content (AvgIpc) is 3.50. The Balaban J connectivity index is 1.50. The summed E-state index contributed by atoms with van der Waals surface area (Å²) < 4.78 is 24.4. The fourth-order valence-corrected chi connectivity index (χ4v) is 4.84. The van der Waals surface area contributed by atoms with Crippen molar-refractivity contribution >= 4 is 23.2 Å². The van der Waals surface area contributed by atoms with E-state index in [9.17, 15) is 14.0 Å². The lowest BCUT2D eigenvalue weighted by atomic mass is 10.0. The molecule has 6 nitrogen and oxygen atoms in total. The molecule has 0 fully saturated rings. The summed E-state index contributed by atoms with van der Waals surface area (Å²) in [7, 11) is 0. The number of amides is 2. The number of carbonyl (C=O) groups excluding carboxylic acids is 2. The molecule has 4 rings (SSSR count). The monoisotopic (exact) mass is 456 g/mol. The summed E-state index contributed by atoms with van der Waals surface area (Å²) in [6.07, 6.45) is 2.95. The molecule has 1 aromatic carbocycles. The van der Waals surface area contributed by atoms with Gasteiger partial charge in [-0.3, -0.25) is 9.59 Å². The zero-order chi connectivity index (χ0) is 22.5. The SMILES string of the molecule is CCCN(CC(=O)N1CCc2sccc2[C@H]1COc1ccc(F)cc1)C(=O)c1ccco1. The van der Waals surface area contributed by atoms with E-state index in [-0.39, 0.29) is 42.6 Å². The zero-order valence-corrected chi connectivity index (χ0v) is 18.6. The van der Waals surface area contributed by atoms with Gasteiger partial charge < -0.3 is 19.0 Å². The fraction of sp³-hybridized carbons (Fsp3) is 0.333. The molecule has 0 aliphatic carbocycles. The maximum atomic E-state index is 13.4. The van der Waals surface area contributed by atoms with Crippen LogP contribution in [0.3, 0.4) is 0 Å². The summed E-state index contributed by atoms with van der Waals surface area (Å²) in [6, 6.07) is 10.8. The van der Waals surface area contributed by atoms with Crippen LogP contribution in [-0.4, -0.2) is 47.9 Å². The van der Waals surface area contributed by atoms with Crippen molar-refractivity contribution in [2.75, 3.05) is 26.2 Å². The lowest BCUT2D eigenvalue weighted by Gasteiger charge is -2.37. The number of benzene rings is 1. The van der Waals surface area contributed by atoms with E-state index in [1.165, 1.54) is 28.2 Å². The number of fused-ring (bicyclic) bond motifs is 1. The fourth-order valence-electron chi connectivity index (χ4n) is 3.91. The van der Waals surface area contributed by atoms with Crippen LogP contribution in [0, 0.1) is 5.82 Å². The predicted molar refractivity (Wildman–Crippen MR) is 119 cm³/mol. The molecule has 0 radical (unpaired) electrons. The summed E-state index contributed by atoms with van der Waals surface area (Å²) in [5, 5.41) is 2.02. The number of halogens is 1. The van der Waals surface area contributed by atoms with Crippen LogP contribution in [0.1, 0.15) is 40.4 Å². The Morgan fingerprint density at radius 2 is 2.06 bits per heavy atom. The van der Waals surface area contributed by atoms with Gasteiger partial charge in [-0.05, 0) is 66.2 Å². The second-order valence-electron chi connectivity index (χ2n) is 7.62. The van der Waals surface area contributed by atoms with Crippen molar-refractivity contribution in [1.82, 2.24) is 9.80 Å². The van der Waals surface area contributed by atoms with Gasteiger partial charge in [0, 0.05) is 18.0 Å². The predicted octanol–water partition coefficient (Wildman–Crippen LogP) is 4.54. The molecule has 2 amide bonds. The number of hydrogen-bond acceptors (Lipinski definition) is 5. The summed E-state index contributed by atoms with van der Waals surface area (Å²) in [4.78, 5) is 30.7. The minimum atomic E-state index is -0.329. The van der Waals surface area contributed by atoms with Crippen LogP contribution in [-0.2, 0) is 11.2 Å². The highest BCUT2D eigenvalue weighted by atomic mass is 32.1. The smallest absolute Gasteiger partial charge is 0.290 e. The molecular weight excluding hydrogens is 431 g/mol. The van der Waals surface area contributed by atoms with Crippen molar-refractivity contribution in [3.8, 4) is 5.75 Å². The molecular formula is C24H25FN2O4S. The first-order valence-electron chi connectivity index (χ1n) is 10.6. The van der Waals surface area contributed by atoms with Gasteiger partial charge in [-0.15, -0.1) is 11.3 Å². The van der Waals surface area contributed by atoms with Crippen LogP contribution >= 0.6 is 11.3 Å². The Morgan fingerprint density at radius 1 is 1.25 bits per heavy atom. The van der Waals surface area contributed by atoms with Gasteiger partial charge in [-0.25, -0.2) is 4.39 Å². The van der Waals surface area contributed by atoms with E-state index in [2.05, 4.69) is 0 Å². The maximum absolute atomic E-state index is 13.4. The van der Waals surface area contributed by atoms with Crippen LogP contribution in [0.5, 0.6) is 5.75 Å². The van der Waals surface area contributed by atoms with E-state index in [4.69, 9.17) is 9.15 Å². The number of hydrogen-bond donors (Lipinski definition) is 0. The molecule has 0 spiro atoms. The van der Waals surface area contributed by atoms with E-state index in [1.54, 1.807) is 40.5 Å². The molecule has 0 saturated carbocycles. The first kappa shape index (κ1) is 22.1. The van der Waals surface area contributed by atoms with Crippen molar-refractivity contribution < 1.29 is 23.1 Å². The molecule has 0 unspecified atom stereocenters. The number of rotatable bonds is 8. The van der Waals surface area contributed by atoms with Crippen LogP contribution in [0.25, 0.3) is 0 Å². The second-order valence-corrected chi connectivity index (χ2v) is 8.62. The topological polar surface area (TPSA) is 63.0 Å². The van der Waals surface area contributed by atoms with Crippen molar-refractivity contribution in [3.05, 3.63) is 76.1 Å². The van der Waals surface area contributed by atoms with Gasteiger partial charge in [0.15, 0.2) is 5.76 Å². The third kappa shape index (κ3) is 4.85. The minimum absolute atomic E-state index is 0.0279. The third-order valence-corrected chi connectivity index (χ3v) is 6.47. The third-order valence-electron chi connectivity index (χ3n) is 5.48. The molecule has 1 atom stereocenters. The van der Waals surface area contributed by atoms with Gasteiger partial charge in [0.2, 0.25) is 5.91 Å². The first-order valence-corrected chi connectivity index (χ1v) is 11.5. The van der Waals surface area contributed by atoms with Crippen molar-refractivity contribution in [2.24, 2.45) is 0 Å². The number of thiophene rings is 1. The summed E-state index contributed by atoms with van der Waals surface area (Å²) in [5.74, 6) is 0.00704.